The van der Waals surface area contributed by atoms with E-state index in [0.29, 0.717) is 6.42 Å². The van der Waals surface area contributed by atoms with Gasteiger partial charge in [-0.2, -0.15) is 0 Å². The van der Waals surface area contributed by atoms with Gasteiger partial charge in [0.15, 0.2) is 0 Å². The van der Waals surface area contributed by atoms with Crippen LogP contribution < -0.4 is 0 Å². The molecule has 0 unspecified atom stereocenters. The molecule has 2 aromatic heterocycles. The van der Waals surface area contributed by atoms with Crippen LogP contribution in [-0.4, -0.2) is 51.9 Å². The number of aryl methyl sites for hydroxylation is 3. The van der Waals surface area contributed by atoms with Crippen LogP contribution in [0.2, 0.25) is 0 Å². The summed E-state index contributed by atoms with van der Waals surface area (Å²) >= 11 is 1.62. The van der Waals surface area contributed by atoms with Gasteiger partial charge in [0.2, 0.25) is 5.91 Å². The summed E-state index contributed by atoms with van der Waals surface area (Å²) in [5.74, 6) is 0.267. The van der Waals surface area contributed by atoms with Gasteiger partial charge in [0, 0.05) is 66.8 Å². The van der Waals surface area contributed by atoms with Crippen LogP contribution in [0.1, 0.15) is 28.1 Å². The summed E-state index contributed by atoms with van der Waals surface area (Å²) in [4.78, 5) is 25.6. The number of nitrogens with zero attached hydrogens (tertiary/aromatic N) is 3. The highest BCUT2D eigenvalue weighted by Gasteiger charge is 2.21. The van der Waals surface area contributed by atoms with Crippen molar-refractivity contribution in [2.24, 2.45) is 0 Å². The number of fused-ring (bicyclic) bond motifs is 1. The summed E-state index contributed by atoms with van der Waals surface area (Å²) in [6.45, 7) is 8.78. The molecule has 1 amide bonds. The zero-order chi connectivity index (χ0) is 18.8. The molecule has 142 valence electrons. The van der Waals surface area contributed by atoms with Gasteiger partial charge < -0.3 is 9.88 Å². The van der Waals surface area contributed by atoms with E-state index in [-0.39, 0.29) is 5.91 Å². The number of carbonyl (C=O) groups excluding carboxylic acids is 1. The van der Waals surface area contributed by atoms with E-state index >= 15 is 0 Å². The van der Waals surface area contributed by atoms with Crippen LogP contribution in [0.25, 0.3) is 10.9 Å². The Bertz CT molecular complexity index is 923. The predicted octanol–water partition coefficient (Wildman–Crippen LogP) is 3.52. The molecular formula is C21H26N4OS. The highest BCUT2D eigenvalue weighted by atomic mass is 32.1. The number of benzene rings is 1. The Kier molecular flexibility index (Phi) is 5.27. The summed E-state index contributed by atoms with van der Waals surface area (Å²) in [7, 11) is 0. The minimum atomic E-state index is 0.267. The average molecular weight is 383 g/mol. The number of piperazine rings is 1. The van der Waals surface area contributed by atoms with E-state index in [4.69, 9.17) is 0 Å². The van der Waals surface area contributed by atoms with Crippen LogP contribution in [0.15, 0.2) is 29.9 Å². The lowest BCUT2D eigenvalue weighted by atomic mass is 10.1. The average Bonchev–Trinajstić information content (AvgIpc) is 3.29. The van der Waals surface area contributed by atoms with Crippen LogP contribution in [-0.2, 0) is 17.8 Å². The number of thiazole rings is 1. The fraction of sp³-hybridized carbons (Fsp3) is 0.429. The van der Waals surface area contributed by atoms with Crippen molar-refractivity contribution in [3.8, 4) is 0 Å². The van der Waals surface area contributed by atoms with E-state index in [1.54, 1.807) is 11.3 Å². The standard InChI is InChI=1S/C21H26N4OS/c1-15-16(2)23-20-5-3-17(11-19(15)20)13-24-7-9-25(10-8-24)21(26)6-4-18-12-22-14-27-18/h3,5,11-12,14,23H,4,6-10,13H2,1-2H3. The number of hydrogen-bond donors (Lipinski definition) is 1. The lowest BCUT2D eigenvalue weighted by Gasteiger charge is -2.34. The molecule has 1 fully saturated rings. The van der Waals surface area contributed by atoms with Crippen LogP contribution >= 0.6 is 11.3 Å². The molecule has 0 spiro atoms. The molecular weight excluding hydrogens is 356 g/mol. The molecule has 3 aromatic rings. The number of aromatic amines is 1. The van der Waals surface area contributed by atoms with Gasteiger partial charge in [-0.05, 0) is 43.5 Å². The van der Waals surface area contributed by atoms with Gasteiger partial charge in [-0.25, -0.2) is 0 Å². The number of rotatable bonds is 5. The number of aromatic nitrogens is 2. The van der Waals surface area contributed by atoms with Crippen LogP contribution in [0, 0.1) is 13.8 Å². The van der Waals surface area contributed by atoms with Crippen molar-refractivity contribution >= 4 is 28.1 Å². The number of H-pyrrole nitrogens is 1. The van der Waals surface area contributed by atoms with Crippen molar-refractivity contribution in [1.29, 1.82) is 0 Å². The van der Waals surface area contributed by atoms with Crippen molar-refractivity contribution in [3.63, 3.8) is 0 Å². The highest BCUT2D eigenvalue weighted by molar-refractivity contribution is 7.09. The zero-order valence-electron chi connectivity index (χ0n) is 16.0. The first-order valence-electron chi connectivity index (χ1n) is 9.55. The normalized spacial score (nSPS) is 15.6. The van der Waals surface area contributed by atoms with Gasteiger partial charge in [0.05, 0.1) is 5.51 Å². The molecule has 1 aliphatic rings. The smallest absolute Gasteiger partial charge is 0.223 e. The van der Waals surface area contributed by atoms with Crippen LogP contribution in [0.5, 0.6) is 0 Å². The number of nitrogens with one attached hydrogen (secondary N) is 1. The third kappa shape index (κ3) is 4.06. The van der Waals surface area contributed by atoms with Crippen molar-refractivity contribution in [3.05, 3.63) is 51.6 Å². The van der Waals surface area contributed by atoms with Gasteiger partial charge in [0.1, 0.15) is 0 Å². The van der Waals surface area contributed by atoms with E-state index in [1.807, 2.05) is 16.6 Å². The summed E-state index contributed by atoms with van der Waals surface area (Å²) in [5, 5.41) is 1.32. The fourth-order valence-corrected chi connectivity index (χ4v) is 4.37. The van der Waals surface area contributed by atoms with Crippen molar-refractivity contribution in [1.82, 2.24) is 19.8 Å². The number of amides is 1. The molecule has 6 heteroatoms. The maximum absolute atomic E-state index is 12.4. The lowest BCUT2D eigenvalue weighted by molar-refractivity contribution is -0.132. The van der Waals surface area contributed by atoms with Gasteiger partial charge in [-0.1, -0.05) is 6.07 Å². The second kappa shape index (κ2) is 7.82. The minimum Gasteiger partial charge on any atom is -0.358 e. The van der Waals surface area contributed by atoms with Gasteiger partial charge in [-0.15, -0.1) is 11.3 Å². The SMILES string of the molecule is Cc1[nH]c2ccc(CN3CCN(C(=O)CCc4cncs4)CC3)cc2c1C. The summed E-state index contributed by atoms with van der Waals surface area (Å²) in [6.07, 6.45) is 3.25. The van der Waals surface area contributed by atoms with E-state index in [2.05, 4.69) is 46.9 Å². The van der Waals surface area contributed by atoms with E-state index in [1.165, 1.54) is 32.6 Å². The Balaban J connectivity index is 1.30. The Morgan fingerprint density at radius 2 is 2.04 bits per heavy atom. The molecule has 0 saturated carbocycles. The quantitative estimate of drug-likeness (QED) is 0.735. The number of carbonyl (C=O) groups is 1. The molecule has 1 aromatic carbocycles. The van der Waals surface area contributed by atoms with E-state index < -0.39 is 0 Å². The maximum Gasteiger partial charge on any atom is 0.223 e. The van der Waals surface area contributed by atoms with E-state index in [0.717, 1.165) is 39.1 Å². The van der Waals surface area contributed by atoms with Crippen molar-refractivity contribution < 1.29 is 4.79 Å². The third-order valence-electron chi connectivity index (χ3n) is 5.57. The van der Waals surface area contributed by atoms with Gasteiger partial charge in [0.25, 0.3) is 0 Å². The van der Waals surface area contributed by atoms with Crippen LogP contribution in [0.3, 0.4) is 0 Å². The second-order valence-corrected chi connectivity index (χ2v) is 8.35. The Labute approximate surface area is 164 Å². The lowest BCUT2D eigenvalue weighted by Crippen LogP contribution is -2.48. The first kappa shape index (κ1) is 18.2. The van der Waals surface area contributed by atoms with Crippen molar-refractivity contribution in [2.75, 3.05) is 26.2 Å². The Morgan fingerprint density at radius 1 is 1.22 bits per heavy atom. The summed E-state index contributed by atoms with van der Waals surface area (Å²) in [5.41, 5.74) is 6.96. The van der Waals surface area contributed by atoms with Gasteiger partial charge >= 0.3 is 0 Å². The molecule has 1 aliphatic heterocycles. The molecule has 0 aliphatic carbocycles. The molecule has 27 heavy (non-hydrogen) atoms. The maximum atomic E-state index is 12.4. The topological polar surface area (TPSA) is 52.2 Å². The first-order chi connectivity index (χ1) is 13.1. The second-order valence-electron chi connectivity index (χ2n) is 7.38. The molecule has 4 rings (SSSR count). The molecule has 0 radical (unpaired) electrons. The molecule has 5 nitrogen and oxygen atoms in total. The zero-order valence-corrected chi connectivity index (χ0v) is 16.8. The number of hydrogen-bond acceptors (Lipinski definition) is 4. The summed E-state index contributed by atoms with van der Waals surface area (Å²) < 4.78 is 0. The minimum absolute atomic E-state index is 0.267. The fourth-order valence-electron chi connectivity index (χ4n) is 3.77. The van der Waals surface area contributed by atoms with Crippen LogP contribution in [0.4, 0.5) is 0 Å². The third-order valence-corrected chi connectivity index (χ3v) is 6.41. The molecule has 1 saturated heterocycles. The highest BCUT2D eigenvalue weighted by Crippen LogP contribution is 2.23. The molecule has 0 bridgehead atoms. The molecule has 0 atom stereocenters. The first-order valence-corrected chi connectivity index (χ1v) is 10.4. The Morgan fingerprint density at radius 3 is 2.78 bits per heavy atom. The van der Waals surface area contributed by atoms with E-state index in [9.17, 15) is 4.79 Å². The monoisotopic (exact) mass is 382 g/mol. The van der Waals surface area contributed by atoms with Crippen molar-refractivity contribution in [2.45, 2.75) is 33.2 Å². The largest absolute Gasteiger partial charge is 0.358 e. The Hall–Kier alpha value is -2.18. The summed E-state index contributed by atoms with van der Waals surface area (Å²) in [6, 6.07) is 6.70. The molecule has 1 N–H and O–H groups in total. The molecule has 3 heterocycles. The predicted molar refractivity (Wildman–Crippen MR) is 110 cm³/mol. The van der Waals surface area contributed by atoms with Gasteiger partial charge in [-0.3, -0.25) is 14.7 Å².